The van der Waals surface area contributed by atoms with Crippen LogP contribution in [0.4, 0.5) is 13.9 Å². The molecule has 0 aliphatic heterocycles. The van der Waals surface area contributed by atoms with E-state index in [-0.39, 0.29) is 22.9 Å². The molecule has 1 aliphatic carbocycles. The maximum Gasteiger partial charge on any atom is 0.336 e. The summed E-state index contributed by atoms with van der Waals surface area (Å²) in [5.41, 5.74) is 2.06. The molecule has 30 heavy (non-hydrogen) atoms. The average molecular weight is 427 g/mol. The number of carbonyl (C=O) groups is 1. The molecule has 0 unspecified atom stereocenters. The van der Waals surface area contributed by atoms with Crippen molar-refractivity contribution in [2.45, 2.75) is 32.2 Å². The minimum atomic E-state index is -1.24. The summed E-state index contributed by atoms with van der Waals surface area (Å²) in [4.78, 5) is 15.9. The Morgan fingerprint density at radius 2 is 2.07 bits per heavy atom. The number of nitrogens with zero attached hydrogens (tertiary/aromatic N) is 3. The van der Waals surface area contributed by atoms with Crippen LogP contribution in [0.5, 0.6) is 0 Å². The van der Waals surface area contributed by atoms with E-state index in [0.29, 0.717) is 10.7 Å². The minimum Gasteiger partial charge on any atom is -0.478 e. The third kappa shape index (κ3) is 4.09. The predicted octanol–water partition coefficient (Wildman–Crippen LogP) is 5.49. The number of halogens is 2. The number of hydrazone groups is 1. The van der Waals surface area contributed by atoms with Crippen molar-refractivity contribution in [3.05, 3.63) is 70.1 Å². The SMILES string of the molecule is Cc1cccc(-c2nc(N(/N=C/c3ccc(F)cc3C(=O)O)C3CCC3)sc2F)c1. The molecule has 2 aromatic carbocycles. The molecule has 3 aromatic rings. The Bertz CT molecular complexity index is 1130. The van der Waals surface area contributed by atoms with Crippen LogP contribution in [-0.4, -0.2) is 28.3 Å². The van der Waals surface area contributed by atoms with Gasteiger partial charge in [-0.25, -0.2) is 19.2 Å². The first kappa shape index (κ1) is 20.2. The normalized spacial score (nSPS) is 14.1. The number of carboxylic acid groups (broad SMARTS) is 1. The summed E-state index contributed by atoms with van der Waals surface area (Å²) in [5.74, 6) is -1.88. The second-order valence-electron chi connectivity index (χ2n) is 7.20. The average Bonchev–Trinajstić information content (AvgIpc) is 3.05. The highest BCUT2D eigenvalue weighted by Crippen LogP contribution is 2.36. The minimum absolute atomic E-state index is 0.0610. The number of hydrogen-bond acceptors (Lipinski definition) is 5. The van der Waals surface area contributed by atoms with Crippen LogP contribution in [0.1, 0.15) is 40.7 Å². The van der Waals surface area contributed by atoms with E-state index >= 15 is 0 Å². The van der Waals surface area contributed by atoms with Crippen LogP contribution in [0.2, 0.25) is 0 Å². The van der Waals surface area contributed by atoms with E-state index in [9.17, 15) is 18.7 Å². The molecule has 1 N–H and O–H groups in total. The largest absolute Gasteiger partial charge is 0.478 e. The molecule has 154 valence electrons. The lowest BCUT2D eigenvalue weighted by Crippen LogP contribution is -2.36. The molecular weight excluding hydrogens is 408 g/mol. The number of carboxylic acids is 1. The Kier molecular flexibility index (Phi) is 5.59. The number of aryl methyl sites for hydroxylation is 1. The summed E-state index contributed by atoms with van der Waals surface area (Å²) in [5, 5.41) is 15.4. The second kappa shape index (κ2) is 8.31. The van der Waals surface area contributed by atoms with Crippen molar-refractivity contribution in [3.8, 4) is 11.3 Å². The molecule has 1 heterocycles. The molecule has 8 heteroatoms. The fourth-order valence-corrected chi connectivity index (χ4v) is 4.09. The Balaban J connectivity index is 1.69. The van der Waals surface area contributed by atoms with Crippen molar-refractivity contribution < 1.29 is 18.7 Å². The van der Waals surface area contributed by atoms with Gasteiger partial charge in [0.1, 0.15) is 11.5 Å². The van der Waals surface area contributed by atoms with Gasteiger partial charge in [0.15, 0.2) is 0 Å². The fourth-order valence-electron chi connectivity index (χ4n) is 3.24. The third-order valence-corrected chi connectivity index (χ3v) is 5.88. The number of rotatable bonds is 6. The Morgan fingerprint density at radius 3 is 2.73 bits per heavy atom. The van der Waals surface area contributed by atoms with Gasteiger partial charge in [-0.1, -0.05) is 35.1 Å². The van der Waals surface area contributed by atoms with Gasteiger partial charge < -0.3 is 5.11 Å². The summed E-state index contributed by atoms with van der Waals surface area (Å²) in [7, 11) is 0. The number of aromatic carboxylic acids is 1. The van der Waals surface area contributed by atoms with Crippen molar-refractivity contribution in [3.63, 3.8) is 0 Å². The molecule has 0 amide bonds. The first-order chi connectivity index (χ1) is 14.4. The molecule has 1 aromatic heterocycles. The van der Waals surface area contributed by atoms with Crippen LogP contribution in [-0.2, 0) is 0 Å². The quantitative estimate of drug-likeness (QED) is 0.417. The molecule has 4 rings (SSSR count). The van der Waals surface area contributed by atoms with E-state index in [1.54, 1.807) is 5.01 Å². The second-order valence-corrected chi connectivity index (χ2v) is 8.13. The monoisotopic (exact) mass is 427 g/mol. The van der Waals surface area contributed by atoms with Gasteiger partial charge in [-0.05, 0) is 50.5 Å². The molecule has 0 spiro atoms. The summed E-state index contributed by atoms with van der Waals surface area (Å²) in [6.45, 7) is 1.93. The smallest absolute Gasteiger partial charge is 0.336 e. The van der Waals surface area contributed by atoms with Crippen molar-refractivity contribution >= 4 is 28.7 Å². The van der Waals surface area contributed by atoms with E-state index in [4.69, 9.17) is 0 Å². The van der Waals surface area contributed by atoms with Gasteiger partial charge in [-0.15, -0.1) is 0 Å². The molecule has 0 saturated heterocycles. The summed E-state index contributed by atoms with van der Waals surface area (Å²) in [6, 6.07) is 11.0. The molecular formula is C22H19F2N3O2S. The van der Waals surface area contributed by atoms with E-state index in [2.05, 4.69) is 10.1 Å². The number of hydrogen-bond donors (Lipinski definition) is 1. The molecule has 1 aliphatic rings. The molecule has 1 fully saturated rings. The lowest BCUT2D eigenvalue weighted by atomic mass is 9.93. The van der Waals surface area contributed by atoms with Crippen LogP contribution >= 0.6 is 11.3 Å². The maximum absolute atomic E-state index is 14.7. The van der Waals surface area contributed by atoms with E-state index < -0.39 is 16.9 Å². The van der Waals surface area contributed by atoms with Gasteiger partial charge in [-0.2, -0.15) is 9.49 Å². The Hall–Kier alpha value is -3.13. The highest BCUT2D eigenvalue weighted by molar-refractivity contribution is 7.14. The molecule has 1 saturated carbocycles. The lowest BCUT2D eigenvalue weighted by molar-refractivity contribution is 0.0696. The van der Waals surface area contributed by atoms with Gasteiger partial charge in [0.2, 0.25) is 10.3 Å². The van der Waals surface area contributed by atoms with Crippen molar-refractivity contribution in [1.82, 2.24) is 4.98 Å². The molecule has 0 bridgehead atoms. The number of thiazole rings is 1. The van der Waals surface area contributed by atoms with Crippen LogP contribution in [0.3, 0.4) is 0 Å². The highest BCUT2D eigenvalue weighted by atomic mass is 32.1. The van der Waals surface area contributed by atoms with Crippen LogP contribution in [0, 0.1) is 17.9 Å². The Labute approximate surface area is 176 Å². The van der Waals surface area contributed by atoms with Gasteiger partial charge in [0, 0.05) is 11.1 Å². The zero-order valence-corrected chi connectivity index (χ0v) is 17.0. The van der Waals surface area contributed by atoms with Crippen molar-refractivity contribution in [1.29, 1.82) is 0 Å². The van der Waals surface area contributed by atoms with Gasteiger partial charge in [0.05, 0.1) is 17.8 Å². The summed E-state index contributed by atoms with van der Waals surface area (Å²) >= 11 is 0.907. The summed E-state index contributed by atoms with van der Waals surface area (Å²) < 4.78 is 28.1. The predicted molar refractivity (Wildman–Crippen MR) is 113 cm³/mol. The molecule has 5 nitrogen and oxygen atoms in total. The number of benzene rings is 2. The first-order valence-corrected chi connectivity index (χ1v) is 10.3. The van der Waals surface area contributed by atoms with Crippen LogP contribution in [0.15, 0.2) is 47.6 Å². The first-order valence-electron chi connectivity index (χ1n) is 9.52. The van der Waals surface area contributed by atoms with E-state index in [1.165, 1.54) is 18.3 Å². The van der Waals surface area contributed by atoms with Crippen LogP contribution < -0.4 is 5.01 Å². The van der Waals surface area contributed by atoms with Gasteiger partial charge in [-0.3, -0.25) is 0 Å². The topological polar surface area (TPSA) is 65.8 Å². The highest BCUT2D eigenvalue weighted by Gasteiger charge is 2.29. The number of anilines is 1. The fraction of sp³-hybridized carbons (Fsp3) is 0.227. The van der Waals surface area contributed by atoms with Crippen LogP contribution in [0.25, 0.3) is 11.3 Å². The van der Waals surface area contributed by atoms with Crippen molar-refractivity contribution in [2.75, 3.05) is 5.01 Å². The standard InChI is InChI=1S/C22H19F2N3O2S/c1-13-4-2-5-14(10-13)19-20(24)30-22(26-19)27(17-6-3-7-17)25-12-15-8-9-16(23)11-18(15)21(28)29/h2,4-5,8-12,17H,3,6-7H2,1H3,(H,28,29)/b25-12+. The van der Waals surface area contributed by atoms with Crippen molar-refractivity contribution in [2.24, 2.45) is 5.10 Å². The van der Waals surface area contributed by atoms with E-state index in [1.807, 2.05) is 31.2 Å². The Morgan fingerprint density at radius 1 is 1.27 bits per heavy atom. The molecule has 0 atom stereocenters. The summed E-state index contributed by atoms with van der Waals surface area (Å²) in [6.07, 6.45) is 4.17. The molecule has 0 radical (unpaired) electrons. The third-order valence-electron chi connectivity index (χ3n) is 5.05. The van der Waals surface area contributed by atoms with Gasteiger partial charge >= 0.3 is 5.97 Å². The number of aromatic nitrogens is 1. The zero-order valence-electron chi connectivity index (χ0n) is 16.2. The van der Waals surface area contributed by atoms with E-state index in [0.717, 1.165) is 42.2 Å². The zero-order chi connectivity index (χ0) is 21.3. The maximum atomic E-state index is 14.7. The van der Waals surface area contributed by atoms with Gasteiger partial charge in [0.25, 0.3) is 0 Å². The lowest BCUT2D eigenvalue weighted by Gasteiger charge is -2.33.